The van der Waals surface area contributed by atoms with Gasteiger partial charge < -0.3 is 5.11 Å². The van der Waals surface area contributed by atoms with Gasteiger partial charge in [-0.05, 0) is 28.1 Å². The van der Waals surface area contributed by atoms with E-state index in [2.05, 4.69) is 20.9 Å². The molecule has 1 N–H and O–H groups in total. The molecule has 0 radical (unpaired) electrons. The van der Waals surface area contributed by atoms with E-state index >= 15 is 0 Å². The molecular weight excluding hydrogens is 208 g/mol. The molecule has 56 valence electrons. The summed E-state index contributed by atoms with van der Waals surface area (Å²) in [4.78, 5) is 3.91. The number of nitrogens with zero attached hydrogens (tertiary/aromatic N) is 2. The third kappa shape index (κ3) is 1.92. The van der Waals surface area contributed by atoms with Gasteiger partial charge in [-0.15, -0.1) is 0 Å². The quantitative estimate of drug-likeness (QED) is 0.721. The van der Waals surface area contributed by atoms with Crippen molar-refractivity contribution in [2.45, 2.75) is 6.42 Å². The van der Waals surface area contributed by atoms with Gasteiger partial charge in [0.2, 0.25) is 0 Å². The van der Waals surface area contributed by atoms with E-state index < -0.39 is 0 Å². The van der Waals surface area contributed by atoms with E-state index in [0.29, 0.717) is 10.3 Å². The number of rotatable bonds is 1. The van der Waals surface area contributed by atoms with Crippen molar-refractivity contribution >= 4 is 15.9 Å². The maximum absolute atomic E-state index is 9.02. The lowest BCUT2D eigenvalue weighted by atomic mass is 10.3. The number of nitriles is 1. The highest BCUT2D eigenvalue weighted by atomic mass is 79.9. The maximum Gasteiger partial charge on any atom is 0.148 e. The Morgan fingerprint density at radius 2 is 2.36 bits per heavy atom. The van der Waals surface area contributed by atoms with Crippen LogP contribution in [0.2, 0.25) is 0 Å². The Morgan fingerprint density at radius 1 is 1.64 bits per heavy atom. The fraction of sp³-hybridized carbons (Fsp3) is 0.143. The summed E-state index contributed by atoms with van der Waals surface area (Å²) in [5.74, 6) is 0.0895. The van der Waals surface area contributed by atoms with Crippen LogP contribution in [0.25, 0.3) is 0 Å². The van der Waals surface area contributed by atoms with Gasteiger partial charge in [0.15, 0.2) is 0 Å². The number of aromatic hydroxyl groups is 1. The Kier molecular flexibility index (Phi) is 2.44. The molecule has 11 heavy (non-hydrogen) atoms. The van der Waals surface area contributed by atoms with Crippen molar-refractivity contribution in [1.82, 2.24) is 4.98 Å². The number of aromatic nitrogens is 1. The molecule has 0 fully saturated rings. The van der Waals surface area contributed by atoms with Crippen LogP contribution in [-0.4, -0.2) is 10.1 Å². The smallest absolute Gasteiger partial charge is 0.148 e. The van der Waals surface area contributed by atoms with Crippen LogP contribution >= 0.6 is 15.9 Å². The van der Waals surface area contributed by atoms with Crippen LogP contribution in [0.5, 0.6) is 5.75 Å². The summed E-state index contributed by atoms with van der Waals surface area (Å²) in [5.41, 5.74) is 0.650. The van der Waals surface area contributed by atoms with Crippen molar-refractivity contribution in [1.29, 1.82) is 5.26 Å². The lowest BCUT2D eigenvalue weighted by Crippen LogP contribution is -1.87. The van der Waals surface area contributed by atoms with Crippen LogP contribution in [0.4, 0.5) is 0 Å². The van der Waals surface area contributed by atoms with Crippen molar-refractivity contribution in [2.24, 2.45) is 0 Å². The second-order valence-corrected chi connectivity index (χ2v) is 2.70. The number of halogens is 1. The minimum atomic E-state index is 0.0895. The molecule has 0 saturated carbocycles. The topological polar surface area (TPSA) is 56.9 Å². The van der Waals surface area contributed by atoms with Gasteiger partial charge >= 0.3 is 0 Å². The molecule has 0 bridgehead atoms. The summed E-state index contributed by atoms with van der Waals surface area (Å²) < 4.78 is 0.380. The van der Waals surface area contributed by atoms with E-state index in [1.165, 1.54) is 6.07 Å². The van der Waals surface area contributed by atoms with Crippen LogP contribution in [0, 0.1) is 11.3 Å². The van der Waals surface area contributed by atoms with Crippen LogP contribution in [0.1, 0.15) is 5.69 Å². The summed E-state index contributed by atoms with van der Waals surface area (Å²) in [6, 6.07) is 5.08. The van der Waals surface area contributed by atoms with E-state index in [4.69, 9.17) is 10.4 Å². The number of pyridine rings is 1. The molecule has 0 unspecified atom stereocenters. The minimum absolute atomic E-state index is 0.0895. The van der Waals surface area contributed by atoms with Crippen molar-refractivity contribution in [3.05, 3.63) is 22.4 Å². The summed E-state index contributed by atoms with van der Waals surface area (Å²) in [5, 5.41) is 17.3. The Balaban J connectivity index is 2.98. The second-order valence-electron chi connectivity index (χ2n) is 1.95. The fourth-order valence-electron chi connectivity index (χ4n) is 0.644. The molecule has 1 heterocycles. The first-order valence-electron chi connectivity index (χ1n) is 2.95. The molecule has 3 nitrogen and oxygen atoms in total. The van der Waals surface area contributed by atoms with Crippen molar-refractivity contribution in [3.63, 3.8) is 0 Å². The molecule has 1 aromatic heterocycles. The Labute approximate surface area is 72.4 Å². The van der Waals surface area contributed by atoms with Crippen molar-refractivity contribution in [3.8, 4) is 11.8 Å². The van der Waals surface area contributed by atoms with Gasteiger partial charge in [-0.2, -0.15) is 5.26 Å². The largest absolute Gasteiger partial charge is 0.505 e. The van der Waals surface area contributed by atoms with E-state index in [1.807, 2.05) is 6.07 Å². The number of hydrogen-bond acceptors (Lipinski definition) is 3. The first kappa shape index (κ1) is 8.02. The average molecular weight is 213 g/mol. The predicted molar refractivity (Wildman–Crippen MR) is 42.9 cm³/mol. The van der Waals surface area contributed by atoms with E-state index in [1.54, 1.807) is 6.07 Å². The van der Waals surface area contributed by atoms with Gasteiger partial charge in [0.1, 0.15) is 10.4 Å². The highest BCUT2D eigenvalue weighted by Crippen LogP contribution is 2.20. The lowest BCUT2D eigenvalue weighted by molar-refractivity contribution is 0.468. The molecule has 0 aliphatic heterocycles. The molecule has 0 aliphatic rings. The summed E-state index contributed by atoms with van der Waals surface area (Å²) >= 11 is 3.05. The van der Waals surface area contributed by atoms with E-state index in [-0.39, 0.29) is 12.2 Å². The van der Waals surface area contributed by atoms with Crippen molar-refractivity contribution < 1.29 is 5.11 Å². The molecule has 0 aromatic carbocycles. The zero-order chi connectivity index (χ0) is 8.27. The average Bonchev–Trinajstić information content (AvgIpc) is 1.98. The molecule has 0 aliphatic carbocycles. The van der Waals surface area contributed by atoms with Crippen LogP contribution in [-0.2, 0) is 6.42 Å². The molecule has 4 heteroatoms. The number of hydrogen-bond donors (Lipinski definition) is 1. The Morgan fingerprint density at radius 3 is 2.91 bits per heavy atom. The summed E-state index contributed by atoms with van der Waals surface area (Å²) in [6.45, 7) is 0. The fourth-order valence-corrected chi connectivity index (χ4v) is 1.00. The molecule has 1 rings (SSSR count). The second kappa shape index (κ2) is 3.35. The van der Waals surface area contributed by atoms with Gasteiger partial charge in [-0.3, -0.25) is 0 Å². The zero-order valence-electron chi connectivity index (χ0n) is 5.58. The van der Waals surface area contributed by atoms with E-state index in [9.17, 15) is 0 Å². The van der Waals surface area contributed by atoms with Gasteiger partial charge in [0.05, 0.1) is 18.2 Å². The Bertz CT molecular complexity index is 306. The van der Waals surface area contributed by atoms with Gasteiger partial charge in [0, 0.05) is 0 Å². The van der Waals surface area contributed by atoms with Crippen LogP contribution < -0.4 is 0 Å². The van der Waals surface area contributed by atoms with Crippen molar-refractivity contribution in [2.75, 3.05) is 0 Å². The highest BCUT2D eigenvalue weighted by Gasteiger charge is 1.99. The molecule has 0 saturated heterocycles. The van der Waals surface area contributed by atoms with Gasteiger partial charge in [-0.1, -0.05) is 0 Å². The molecule has 0 atom stereocenters. The van der Waals surface area contributed by atoms with Crippen LogP contribution in [0.3, 0.4) is 0 Å². The van der Waals surface area contributed by atoms with Crippen LogP contribution in [0.15, 0.2) is 16.7 Å². The third-order valence-electron chi connectivity index (χ3n) is 1.15. The Hall–Kier alpha value is -1.08. The first-order chi connectivity index (χ1) is 5.24. The van der Waals surface area contributed by atoms with Gasteiger partial charge in [-0.25, -0.2) is 4.98 Å². The highest BCUT2D eigenvalue weighted by molar-refractivity contribution is 9.10. The third-order valence-corrected chi connectivity index (χ3v) is 1.73. The van der Waals surface area contributed by atoms with E-state index in [0.717, 1.165) is 0 Å². The van der Waals surface area contributed by atoms with Gasteiger partial charge in [0.25, 0.3) is 0 Å². The summed E-state index contributed by atoms with van der Waals surface area (Å²) in [7, 11) is 0. The lowest BCUT2D eigenvalue weighted by Gasteiger charge is -1.96. The molecule has 0 spiro atoms. The summed E-state index contributed by atoms with van der Waals surface area (Å²) in [6.07, 6.45) is 0.263. The monoisotopic (exact) mass is 212 g/mol. The zero-order valence-corrected chi connectivity index (χ0v) is 7.17. The SMILES string of the molecule is N#CCc1ccc(O)c(Br)n1. The molecule has 0 amide bonds. The standard InChI is InChI=1S/C7H5BrN2O/c8-7-6(11)2-1-5(10-7)3-4-9/h1-2,11H,3H2. The predicted octanol–water partition coefficient (Wildman–Crippen LogP) is 1.62. The normalized spacial score (nSPS) is 9.09. The molecule has 1 aromatic rings. The molecular formula is C7H5BrN2O. The first-order valence-corrected chi connectivity index (χ1v) is 3.74. The maximum atomic E-state index is 9.02. The minimum Gasteiger partial charge on any atom is -0.505 e.